The average Bonchev–Trinajstić information content (AvgIpc) is 3.04. The molecule has 0 saturated heterocycles. The summed E-state index contributed by atoms with van der Waals surface area (Å²) in [6.07, 6.45) is 0. The standard InChI is InChI=1S/C25H29NO2/c1-16(2)20-13-10-14-21(17(3)4)24(20)26-18(5)22(25(27)28-6)15-23(26)19-11-8-7-9-12-19/h7-17H,1-6H3. The van der Waals surface area contributed by atoms with Gasteiger partial charge in [-0.1, -0.05) is 76.2 Å². The van der Waals surface area contributed by atoms with E-state index in [1.54, 1.807) is 0 Å². The van der Waals surface area contributed by atoms with Gasteiger partial charge in [-0.3, -0.25) is 0 Å². The summed E-state index contributed by atoms with van der Waals surface area (Å²) in [6.45, 7) is 10.9. The maximum atomic E-state index is 12.5. The number of hydrogen-bond acceptors (Lipinski definition) is 2. The quantitative estimate of drug-likeness (QED) is 0.478. The van der Waals surface area contributed by atoms with Crippen LogP contribution in [-0.4, -0.2) is 17.6 Å². The third-order valence-corrected chi connectivity index (χ3v) is 5.29. The Morgan fingerprint density at radius 1 is 0.893 bits per heavy atom. The van der Waals surface area contributed by atoms with E-state index in [1.165, 1.54) is 23.9 Å². The summed E-state index contributed by atoms with van der Waals surface area (Å²) in [5.41, 5.74) is 7.33. The zero-order valence-corrected chi connectivity index (χ0v) is 17.6. The van der Waals surface area contributed by atoms with Gasteiger partial charge in [-0.15, -0.1) is 0 Å². The molecule has 3 aromatic rings. The van der Waals surface area contributed by atoms with Crippen molar-refractivity contribution in [1.82, 2.24) is 4.57 Å². The van der Waals surface area contributed by atoms with Crippen LogP contribution in [-0.2, 0) is 4.74 Å². The highest BCUT2D eigenvalue weighted by molar-refractivity contribution is 5.93. The predicted octanol–water partition coefficient (Wildman–Crippen LogP) is 6.49. The van der Waals surface area contributed by atoms with E-state index in [2.05, 4.69) is 62.6 Å². The molecule has 0 fully saturated rings. The first kappa shape index (κ1) is 19.9. The van der Waals surface area contributed by atoms with E-state index >= 15 is 0 Å². The third-order valence-electron chi connectivity index (χ3n) is 5.29. The average molecular weight is 376 g/mol. The van der Waals surface area contributed by atoms with Gasteiger partial charge in [-0.2, -0.15) is 0 Å². The smallest absolute Gasteiger partial charge is 0.339 e. The van der Waals surface area contributed by atoms with Crippen molar-refractivity contribution in [2.75, 3.05) is 7.11 Å². The minimum absolute atomic E-state index is 0.304. The molecule has 28 heavy (non-hydrogen) atoms. The third kappa shape index (κ3) is 3.49. The number of rotatable bonds is 5. The van der Waals surface area contributed by atoms with Gasteiger partial charge in [0.1, 0.15) is 0 Å². The lowest BCUT2D eigenvalue weighted by Gasteiger charge is -2.24. The first-order valence-electron chi connectivity index (χ1n) is 9.86. The van der Waals surface area contributed by atoms with E-state index in [4.69, 9.17) is 4.74 Å². The van der Waals surface area contributed by atoms with E-state index < -0.39 is 0 Å². The normalized spacial score (nSPS) is 11.3. The molecule has 3 heteroatoms. The lowest BCUT2D eigenvalue weighted by atomic mass is 9.92. The van der Waals surface area contributed by atoms with Crippen LogP contribution >= 0.6 is 0 Å². The molecule has 0 amide bonds. The highest BCUT2D eigenvalue weighted by atomic mass is 16.5. The molecule has 2 aromatic carbocycles. The van der Waals surface area contributed by atoms with Gasteiger partial charge in [0.15, 0.2) is 0 Å². The van der Waals surface area contributed by atoms with Gasteiger partial charge in [-0.25, -0.2) is 4.79 Å². The second-order valence-corrected chi connectivity index (χ2v) is 7.82. The van der Waals surface area contributed by atoms with Crippen molar-refractivity contribution in [3.05, 3.63) is 77.0 Å². The molecule has 3 nitrogen and oxygen atoms in total. The summed E-state index contributed by atoms with van der Waals surface area (Å²) in [5, 5.41) is 0. The van der Waals surface area contributed by atoms with Crippen molar-refractivity contribution in [1.29, 1.82) is 0 Å². The molecular weight excluding hydrogens is 346 g/mol. The Morgan fingerprint density at radius 3 is 1.96 bits per heavy atom. The number of methoxy groups -OCH3 is 1. The van der Waals surface area contributed by atoms with Crippen LogP contribution in [0.5, 0.6) is 0 Å². The largest absolute Gasteiger partial charge is 0.465 e. The van der Waals surface area contributed by atoms with Crippen molar-refractivity contribution in [3.63, 3.8) is 0 Å². The Balaban J connectivity index is 2.43. The Kier molecular flexibility index (Phi) is 5.73. The molecule has 0 aliphatic carbocycles. The summed E-state index contributed by atoms with van der Waals surface area (Å²) in [6, 6.07) is 18.7. The SMILES string of the molecule is COC(=O)c1cc(-c2ccccc2)n(-c2c(C(C)C)cccc2C(C)C)c1C. The van der Waals surface area contributed by atoms with Gasteiger partial charge in [-0.05, 0) is 41.5 Å². The van der Waals surface area contributed by atoms with Crippen molar-refractivity contribution < 1.29 is 9.53 Å². The highest BCUT2D eigenvalue weighted by Gasteiger charge is 2.24. The van der Waals surface area contributed by atoms with Crippen LogP contribution in [0, 0.1) is 6.92 Å². The lowest BCUT2D eigenvalue weighted by Crippen LogP contribution is -2.10. The van der Waals surface area contributed by atoms with Crippen molar-refractivity contribution in [3.8, 4) is 16.9 Å². The van der Waals surface area contributed by atoms with Gasteiger partial charge in [0, 0.05) is 5.69 Å². The molecule has 1 aromatic heterocycles. The first-order chi connectivity index (χ1) is 13.4. The van der Waals surface area contributed by atoms with E-state index in [-0.39, 0.29) is 5.97 Å². The van der Waals surface area contributed by atoms with Gasteiger partial charge in [0.2, 0.25) is 0 Å². The number of benzene rings is 2. The van der Waals surface area contributed by atoms with Crippen LogP contribution < -0.4 is 0 Å². The first-order valence-corrected chi connectivity index (χ1v) is 9.86. The minimum Gasteiger partial charge on any atom is -0.465 e. The van der Waals surface area contributed by atoms with E-state index in [0.717, 1.165) is 17.0 Å². The molecule has 1 heterocycles. The van der Waals surface area contributed by atoms with E-state index in [1.807, 2.05) is 31.2 Å². The Hall–Kier alpha value is -2.81. The van der Waals surface area contributed by atoms with E-state index in [0.29, 0.717) is 17.4 Å². The fourth-order valence-corrected chi connectivity index (χ4v) is 3.80. The number of para-hydroxylation sites is 1. The number of esters is 1. The lowest BCUT2D eigenvalue weighted by molar-refractivity contribution is 0.0600. The molecule has 3 rings (SSSR count). The van der Waals surface area contributed by atoms with Crippen LogP contribution in [0.1, 0.15) is 66.7 Å². The second-order valence-electron chi connectivity index (χ2n) is 7.82. The van der Waals surface area contributed by atoms with Gasteiger partial charge in [0.05, 0.1) is 24.1 Å². The van der Waals surface area contributed by atoms with Crippen LogP contribution in [0.25, 0.3) is 16.9 Å². The highest BCUT2D eigenvalue weighted by Crippen LogP contribution is 2.37. The van der Waals surface area contributed by atoms with Crippen molar-refractivity contribution in [2.45, 2.75) is 46.5 Å². The molecule has 0 radical (unpaired) electrons. The Labute approximate surface area is 168 Å². The van der Waals surface area contributed by atoms with Crippen LogP contribution in [0.3, 0.4) is 0 Å². The molecule has 0 bridgehead atoms. The summed E-state index contributed by atoms with van der Waals surface area (Å²) in [7, 11) is 1.43. The zero-order chi connectivity index (χ0) is 20.4. The summed E-state index contributed by atoms with van der Waals surface area (Å²) in [5.74, 6) is 0.419. The molecule has 0 aliphatic rings. The number of nitrogens with zero attached hydrogens (tertiary/aromatic N) is 1. The fraction of sp³-hybridized carbons (Fsp3) is 0.320. The van der Waals surface area contributed by atoms with E-state index in [9.17, 15) is 4.79 Å². The van der Waals surface area contributed by atoms with Gasteiger partial charge >= 0.3 is 5.97 Å². The maximum Gasteiger partial charge on any atom is 0.339 e. The number of carbonyl (C=O) groups is 1. The Bertz CT molecular complexity index is 955. The molecule has 146 valence electrons. The molecule has 0 saturated carbocycles. The van der Waals surface area contributed by atoms with Gasteiger partial charge in [0.25, 0.3) is 0 Å². The molecule has 0 atom stereocenters. The van der Waals surface area contributed by atoms with Crippen LogP contribution in [0.4, 0.5) is 0 Å². The number of aromatic nitrogens is 1. The zero-order valence-electron chi connectivity index (χ0n) is 17.6. The van der Waals surface area contributed by atoms with Crippen molar-refractivity contribution in [2.24, 2.45) is 0 Å². The molecule has 0 spiro atoms. The topological polar surface area (TPSA) is 31.2 Å². The maximum absolute atomic E-state index is 12.5. The number of carbonyl (C=O) groups excluding carboxylic acids is 1. The van der Waals surface area contributed by atoms with Gasteiger partial charge < -0.3 is 9.30 Å². The van der Waals surface area contributed by atoms with Crippen molar-refractivity contribution >= 4 is 5.97 Å². The number of ether oxygens (including phenoxy) is 1. The minimum atomic E-state index is -0.304. The Morgan fingerprint density at radius 2 is 1.46 bits per heavy atom. The monoisotopic (exact) mass is 375 g/mol. The summed E-state index contributed by atoms with van der Waals surface area (Å²) in [4.78, 5) is 12.5. The van der Waals surface area contributed by atoms with Crippen LogP contribution in [0.2, 0.25) is 0 Å². The molecule has 0 aliphatic heterocycles. The fourth-order valence-electron chi connectivity index (χ4n) is 3.80. The predicted molar refractivity (Wildman–Crippen MR) is 115 cm³/mol. The summed E-state index contributed by atoms with van der Waals surface area (Å²) >= 11 is 0. The summed E-state index contributed by atoms with van der Waals surface area (Å²) < 4.78 is 7.30. The second kappa shape index (κ2) is 8.05. The van der Waals surface area contributed by atoms with Crippen LogP contribution in [0.15, 0.2) is 54.6 Å². The molecule has 0 N–H and O–H groups in total. The number of hydrogen-bond donors (Lipinski definition) is 0. The molecular formula is C25H29NO2. The molecule has 0 unspecified atom stereocenters.